The lowest BCUT2D eigenvalue weighted by Gasteiger charge is -2.11. The number of benzene rings is 2. The first-order valence-electron chi connectivity index (χ1n) is 5.20. The molecule has 0 saturated heterocycles. The summed E-state index contributed by atoms with van der Waals surface area (Å²) < 4.78 is 5.47. The van der Waals surface area contributed by atoms with Crippen LogP contribution in [-0.4, -0.2) is 10.5 Å². The number of hydrogen-bond acceptors (Lipinski definition) is 1. The van der Waals surface area contributed by atoms with E-state index in [-0.39, 0.29) is 0 Å². The third-order valence-corrected chi connectivity index (χ3v) is 2.99. The lowest BCUT2D eigenvalue weighted by Crippen LogP contribution is -1.92. The lowest BCUT2D eigenvalue weighted by atomic mass is 9.99. The van der Waals surface area contributed by atoms with Crippen LogP contribution >= 0.6 is 0 Å². The second kappa shape index (κ2) is 4.81. The van der Waals surface area contributed by atoms with Gasteiger partial charge in [-0.3, -0.25) is 0 Å². The van der Waals surface area contributed by atoms with E-state index in [1.165, 1.54) is 0 Å². The average Bonchev–Trinajstić information content (AvgIpc) is 2.39. The summed E-state index contributed by atoms with van der Waals surface area (Å²) in [6.07, 6.45) is 0. The van der Waals surface area contributed by atoms with Crippen molar-refractivity contribution in [3.05, 3.63) is 72.3 Å². The molecule has 0 aromatic heterocycles. The van der Waals surface area contributed by atoms with Crippen LogP contribution in [0.4, 0.5) is 0 Å². The molecule has 2 aromatic rings. The van der Waals surface area contributed by atoms with Crippen LogP contribution in [0, 0.1) is 0 Å². The van der Waals surface area contributed by atoms with Gasteiger partial charge in [0.05, 0.1) is 0 Å². The summed E-state index contributed by atoms with van der Waals surface area (Å²) in [7, 11) is 0.692. The Bertz CT molecular complexity index is 491. The van der Waals surface area contributed by atoms with Crippen molar-refractivity contribution in [3.63, 3.8) is 0 Å². The van der Waals surface area contributed by atoms with Gasteiger partial charge < -0.3 is 4.43 Å². The van der Waals surface area contributed by atoms with Crippen LogP contribution < -0.4 is 4.43 Å². The Balaban J connectivity index is 2.42. The molecule has 2 aromatic carbocycles. The van der Waals surface area contributed by atoms with Crippen molar-refractivity contribution in [1.82, 2.24) is 0 Å². The molecule has 0 amide bonds. The van der Waals surface area contributed by atoms with Crippen molar-refractivity contribution in [3.8, 4) is 5.75 Å². The first kappa shape index (κ1) is 10.7. The van der Waals surface area contributed by atoms with Crippen LogP contribution in [0.2, 0.25) is 0 Å². The quantitative estimate of drug-likeness (QED) is 0.730. The van der Waals surface area contributed by atoms with Crippen LogP contribution in [0.3, 0.4) is 0 Å². The zero-order valence-corrected chi connectivity index (χ0v) is 11.3. The van der Waals surface area contributed by atoms with E-state index in [0.717, 1.165) is 22.4 Å². The molecule has 0 unspecified atom stereocenters. The van der Waals surface area contributed by atoms with Gasteiger partial charge in [-0.25, -0.2) is 0 Å². The van der Waals surface area contributed by atoms with Gasteiger partial charge in [0.25, 0.3) is 0 Å². The molecule has 0 radical (unpaired) electrons. The Hall–Kier alpha value is -1.80. The van der Waals surface area contributed by atoms with Gasteiger partial charge in [-0.05, 0) is 17.2 Å². The lowest BCUT2D eigenvalue weighted by molar-refractivity contribution is 0.614. The van der Waals surface area contributed by atoms with Crippen molar-refractivity contribution in [1.29, 1.82) is 0 Å². The topological polar surface area (TPSA) is 9.23 Å². The molecule has 0 aliphatic carbocycles. The molecule has 0 atom stereocenters. The molecule has 2 heteroatoms. The largest absolute Gasteiger partial charge is 0.553 e. The maximum Gasteiger partial charge on any atom is 0.204 e. The summed E-state index contributed by atoms with van der Waals surface area (Å²) in [5.74, 6) is 0.919. The normalized spacial score (nSPS) is 10.0. The highest BCUT2D eigenvalue weighted by Gasteiger charge is 2.06. The molecule has 0 spiro atoms. The van der Waals surface area contributed by atoms with Gasteiger partial charge >= 0.3 is 0 Å². The molecule has 0 bridgehead atoms. The molecule has 0 saturated carbocycles. The molecule has 1 nitrogen and oxygen atoms in total. The fourth-order valence-electron chi connectivity index (χ4n) is 1.69. The summed E-state index contributed by atoms with van der Waals surface area (Å²) in [6.45, 7) is 4.14. The van der Waals surface area contributed by atoms with E-state index in [4.69, 9.17) is 4.43 Å². The highest BCUT2D eigenvalue weighted by Crippen LogP contribution is 2.28. The van der Waals surface area contributed by atoms with Gasteiger partial charge in [0.15, 0.2) is 0 Å². The predicted molar refractivity (Wildman–Crippen MR) is 71.6 cm³/mol. The Morgan fingerprint density at radius 2 is 1.56 bits per heavy atom. The smallest absolute Gasteiger partial charge is 0.204 e. The molecular weight excluding hydrogens is 212 g/mol. The molecule has 2 rings (SSSR count). The van der Waals surface area contributed by atoms with Gasteiger partial charge in [0.1, 0.15) is 5.75 Å². The Kier molecular flexibility index (Phi) is 3.22. The highest BCUT2D eigenvalue weighted by molar-refractivity contribution is 6.00. The average molecular weight is 226 g/mol. The first-order valence-corrected chi connectivity index (χ1v) is 6.02. The minimum atomic E-state index is 0.692. The molecule has 0 fully saturated rings. The summed E-state index contributed by atoms with van der Waals surface area (Å²) in [5.41, 5.74) is 3.21. The van der Waals surface area contributed by atoms with E-state index in [0.29, 0.717) is 10.5 Å². The molecule has 16 heavy (non-hydrogen) atoms. The number of para-hydroxylation sites is 1. The molecule has 0 heterocycles. The second-order valence-electron chi connectivity index (χ2n) is 3.54. The van der Waals surface area contributed by atoms with Crippen molar-refractivity contribution >= 4 is 16.1 Å². The third-order valence-electron chi connectivity index (χ3n) is 2.55. The van der Waals surface area contributed by atoms with Crippen molar-refractivity contribution in [2.75, 3.05) is 0 Å². The summed E-state index contributed by atoms with van der Waals surface area (Å²) in [6, 6.07) is 18.2. The van der Waals surface area contributed by atoms with Gasteiger partial charge in [-0.15, -0.1) is 0 Å². The van der Waals surface area contributed by atoms with Crippen LogP contribution in [0.15, 0.2) is 61.2 Å². The fourth-order valence-corrected chi connectivity index (χ4v) is 2.04. The SMILES string of the molecule is C=C(c1ccccc1)c1ccccc1O[SiH3]. The van der Waals surface area contributed by atoms with E-state index in [1.54, 1.807) is 0 Å². The van der Waals surface area contributed by atoms with E-state index in [9.17, 15) is 0 Å². The molecule has 0 aliphatic rings. The number of hydrogen-bond donors (Lipinski definition) is 0. The molecule has 80 valence electrons. The third kappa shape index (κ3) is 2.07. The maximum atomic E-state index is 5.47. The zero-order valence-electron chi connectivity index (χ0n) is 9.31. The zero-order chi connectivity index (χ0) is 11.4. The van der Waals surface area contributed by atoms with E-state index >= 15 is 0 Å². The predicted octanol–water partition coefficient (Wildman–Crippen LogP) is 2.41. The van der Waals surface area contributed by atoms with Gasteiger partial charge in [0.2, 0.25) is 10.5 Å². The number of rotatable bonds is 3. The van der Waals surface area contributed by atoms with Crippen LogP contribution in [0.25, 0.3) is 5.57 Å². The first-order chi connectivity index (χ1) is 7.83. The summed E-state index contributed by atoms with van der Waals surface area (Å²) in [4.78, 5) is 0. The van der Waals surface area contributed by atoms with Crippen LogP contribution in [-0.2, 0) is 0 Å². The summed E-state index contributed by atoms with van der Waals surface area (Å²) >= 11 is 0. The Morgan fingerprint density at radius 1 is 0.938 bits per heavy atom. The van der Waals surface area contributed by atoms with Crippen molar-refractivity contribution in [2.45, 2.75) is 0 Å². The monoisotopic (exact) mass is 226 g/mol. The minimum absolute atomic E-state index is 0.692. The van der Waals surface area contributed by atoms with E-state index in [1.807, 2.05) is 42.5 Å². The van der Waals surface area contributed by atoms with Crippen LogP contribution in [0.1, 0.15) is 11.1 Å². The fraction of sp³-hybridized carbons (Fsp3) is 0. The van der Waals surface area contributed by atoms with Gasteiger partial charge in [0, 0.05) is 5.56 Å². The molecule has 0 N–H and O–H groups in total. The Labute approximate surface area is 98.9 Å². The highest BCUT2D eigenvalue weighted by atomic mass is 28.2. The Morgan fingerprint density at radius 3 is 2.25 bits per heavy atom. The van der Waals surface area contributed by atoms with Crippen molar-refractivity contribution < 1.29 is 4.43 Å². The molecule has 0 aliphatic heterocycles. The van der Waals surface area contributed by atoms with Crippen molar-refractivity contribution in [2.24, 2.45) is 0 Å². The van der Waals surface area contributed by atoms with E-state index in [2.05, 4.69) is 18.7 Å². The minimum Gasteiger partial charge on any atom is -0.553 e. The maximum absolute atomic E-state index is 5.47. The van der Waals surface area contributed by atoms with Gasteiger partial charge in [-0.2, -0.15) is 0 Å². The van der Waals surface area contributed by atoms with Crippen LogP contribution in [0.5, 0.6) is 5.75 Å². The molecular formula is C14H14OSi. The van der Waals surface area contributed by atoms with E-state index < -0.39 is 0 Å². The standard InChI is InChI=1S/C14H14OSi/c1-11(12-7-3-2-4-8-12)13-9-5-6-10-14(13)15-16/h2-10H,1H2,16H3. The summed E-state index contributed by atoms with van der Waals surface area (Å²) in [5, 5.41) is 0. The second-order valence-corrected chi connectivity index (χ2v) is 3.95. The van der Waals surface area contributed by atoms with Gasteiger partial charge in [-0.1, -0.05) is 55.1 Å².